The monoisotopic (exact) mass is 379 g/mol. The summed E-state index contributed by atoms with van der Waals surface area (Å²) in [5.74, 6) is -0.163. The Hall–Kier alpha value is -2.82. The van der Waals surface area contributed by atoms with Gasteiger partial charge in [-0.3, -0.25) is 9.59 Å². The van der Waals surface area contributed by atoms with Crippen molar-refractivity contribution in [3.8, 4) is 0 Å². The third-order valence-corrected chi connectivity index (χ3v) is 5.28. The van der Waals surface area contributed by atoms with Crippen LogP contribution in [0.3, 0.4) is 0 Å². The molecule has 5 heteroatoms. The van der Waals surface area contributed by atoms with E-state index < -0.39 is 0 Å². The van der Waals surface area contributed by atoms with Gasteiger partial charge in [-0.05, 0) is 62.1 Å². The molecule has 1 aliphatic rings. The maximum atomic E-state index is 12.4. The Morgan fingerprint density at radius 3 is 2.21 bits per heavy atom. The van der Waals surface area contributed by atoms with Gasteiger partial charge in [0.15, 0.2) is 0 Å². The number of para-hydroxylation sites is 1. The van der Waals surface area contributed by atoms with Gasteiger partial charge in [-0.25, -0.2) is 0 Å². The highest BCUT2D eigenvalue weighted by Crippen LogP contribution is 2.20. The first-order valence-electron chi connectivity index (χ1n) is 10.0. The smallest absolute Gasteiger partial charge is 0.251 e. The van der Waals surface area contributed by atoms with E-state index in [0.29, 0.717) is 11.3 Å². The molecule has 148 valence electrons. The Morgan fingerprint density at radius 1 is 0.929 bits per heavy atom. The van der Waals surface area contributed by atoms with Crippen LogP contribution in [0.4, 0.5) is 11.4 Å². The summed E-state index contributed by atoms with van der Waals surface area (Å²) in [4.78, 5) is 24.6. The molecule has 0 radical (unpaired) electrons. The molecule has 0 aliphatic heterocycles. The van der Waals surface area contributed by atoms with Crippen molar-refractivity contribution in [1.82, 2.24) is 5.32 Å². The average Bonchev–Trinajstić information content (AvgIpc) is 2.69. The predicted octanol–water partition coefficient (Wildman–Crippen LogP) is 4.42. The number of hydrogen-bond donors (Lipinski definition) is 3. The Kier molecular flexibility index (Phi) is 6.69. The highest BCUT2D eigenvalue weighted by atomic mass is 16.2. The van der Waals surface area contributed by atoms with E-state index in [2.05, 4.69) is 16.0 Å². The average molecular weight is 380 g/mol. The molecule has 1 aliphatic carbocycles. The van der Waals surface area contributed by atoms with Crippen LogP contribution in [0.5, 0.6) is 0 Å². The number of rotatable bonds is 6. The molecule has 2 aromatic rings. The molecule has 0 aromatic heterocycles. The molecule has 0 bridgehead atoms. The largest absolute Gasteiger partial charge is 0.376 e. The van der Waals surface area contributed by atoms with Crippen LogP contribution in [0.25, 0.3) is 0 Å². The molecule has 28 heavy (non-hydrogen) atoms. The number of benzene rings is 2. The van der Waals surface area contributed by atoms with Crippen molar-refractivity contribution in [1.29, 1.82) is 0 Å². The molecule has 0 saturated heterocycles. The SMILES string of the molecule is Cc1cccc(C)c1NCC(=O)Nc1ccc(C(=O)NC2CCCCC2)cc1. The standard InChI is InChI=1S/C23H29N3O2/c1-16-7-6-8-17(2)22(16)24-15-21(27)25-20-13-11-18(12-14-20)23(28)26-19-9-4-3-5-10-19/h6-8,11-14,19,24H,3-5,9-10,15H2,1-2H3,(H,25,27)(H,26,28). The van der Waals surface area contributed by atoms with Crippen LogP contribution in [-0.2, 0) is 4.79 Å². The molecule has 0 atom stereocenters. The fraction of sp³-hybridized carbons (Fsp3) is 0.391. The van der Waals surface area contributed by atoms with Crippen LogP contribution < -0.4 is 16.0 Å². The minimum atomic E-state index is -0.123. The zero-order valence-corrected chi connectivity index (χ0v) is 16.7. The molecular formula is C23H29N3O2. The third kappa shape index (κ3) is 5.35. The summed E-state index contributed by atoms with van der Waals surface area (Å²) in [5, 5.41) is 9.17. The molecule has 2 amide bonds. The fourth-order valence-electron chi connectivity index (χ4n) is 3.69. The zero-order chi connectivity index (χ0) is 19.9. The minimum absolute atomic E-state index is 0.0403. The van der Waals surface area contributed by atoms with Gasteiger partial charge in [0.1, 0.15) is 0 Å². The van der Waals surface area contributed by atoms with Gasteiger partial charge in [0.05, 0.1) is 6.54 Å². The minimum Gasteiger partial charge on any atom is -0.376 e. The van der Waals surface area contributed by atoms with Crippen molar-refractivity contribution in [3.63, 3.8) is 0 Å². The number of carbonyl (C=O) groups excluding carboxylic acids is 2. The van der Waals surface area contributed by atoms with Gasteiger partial charge in [-0.15, -0.1) is 0 Å². The predicted molar refractivity (Wildman–Crippen MR) is 114 cm³/mol. The number of carbonyl (C=O) groups is 2. The summed E-state index contributed by atoms with van der Waals surface area (Å²) in [7, 11) is 0. The molecule has 1 fully saturated rings. The van der Waals surface area contributed by atoms with Gasteiger partial charge in [0, 0.05) is 23.0 Å². The van der Waals surface area contributed by atoms with Crippen LogP contribution >= 0.6 is 0 Å². The number of aryl methyl sites for hydroxylation is 2. The zero-order valence-electron chi connectivity index (χ0n) is 16.7. The summed E-state index contributed by atoms with van der Waals surface area (Å²) in [6.07, 6.45) is 5.76. The summed E-state index contributed by atoms with van der Waals surface area (Å²) >= 11 is 0. The number of hydrogen-bond acceptors (Lipinski definition) is 3. The van der Waals surface area contributed by atoms with Crippen molar-refractivity contribution in [2.45, 2.75) is 52.0 Å². The second-order valence-electron chi connectivity index (χ2n) is 7.55. The first-order chi connectivity index (χ1) is 13.5. The van der Waals surface area contributed by atoms with E-state index in [1.165, 1.54) is 19.3 Å². The molecular weight excluding hydrogens is 350 g/mol. The second kappa shape index (κ2) is 9.40. The molecule has 3 rings (SSSR count). The molecule has 2 aromatic carbocycles. The lowest BCUT2D eigenvalue weighted by molar-refractivity contribution is -0.114. The van der Waals surface area contributed by atoms with E-state index in [1.54, 1.807) is 24.3 Å². The summed E-state index contributed by atoms with van der Waals surface area (Å²) in [6.45, 7) is 4.23. The van der Waals surface area contributed by atoms with Crippen LogP contribution in [0, 0.1) is 13.8 Å². The normalized spacial score (nSPS) is 14.4. The van der Waals surface area contributed by atoms with E-state index in [-0.39, 0.29) is 24.4 Å². The van der Waals surface area contributed by atoms with Crippen LogP contribution in [0.1, 0.15) is 53.6 Å². The Bertz CT molecular complexity index is 804. The van der Waals surface area contributed by atoms with Gasteiger partial charge < -0.3 is 16.0 Å². The first-order valence-corrected chi connectivity index (χ1v) is 10.0. The molecule has 3 N–H and O–H groups in total. The van der Waals surface area contributed by atoms with Crippen LogP contribution in [0.2, 0.25) is 0 Å². The molecule has 1 saturated carbocycles. The summed E-state index contributed by atoms with van der Waals surface area (Å²) in [6, 6.07) is 13.4. The number of amides is 2. The van der Waals surface area contributed by atoms with Crippen molar-refractivity contribution in [2.75, 3.05) is 17.2 Å². The molecule has 0 unspecified atom stereocenters. The van der Waals surface area contributed by atoms with Gasteiger partial charge in [0.2, 0.25) is 5.91 Å². The quantitative estimate of drug-likeness (QED) is 0.696. The maximum Gasteiger partial charge on any atom is 0.251 e. The van der Waals surface area contributed by atoms with Crippen molar-refractivity contribution >= 4 is 23.2 Å². The Balaban J connectivity index is 1.50. The number of anilines is 2. The van der Waals surface area contributed by atoms with E-state index in [0.717, 1.165) is 29.7 Å². The lowest BCUT2D eigenvalue weighted by Gasteiger charge is -2.22. The van der Waals surface area contributed by atoms with Gasteiger partial charge in [0.25, 0.3) is 5.91 Å². The van der Waals surface area contributed by atoms with E-state index in [4.69, 9.17) is 0 Å². The fourth-order valence-corrected chi connectivity index (χ4v) is 3.69. The van der Waals surface area contributed by atoms with Crippen LogP contribution in [0.15, 0.2) is 42.5 Å². The van der Waals surface area contributed by atoms with Gasteiger partial charge in [-0.1, -0.05) is 37.5 Å². The Morgan fingerprint density at radius 2 is 1.57 bits per heavy atom. The van der Waals surface area contributed by atoms with Crippen molar-refractivity contribution in [2.24, 2.45) is 0 Å². The highest BCUT2D eigenvalue weighted by Gasteiger charge is 2.16. The summed E-state index contributed by atoms with van der Waals surface area (Å²) < 4.78 is 0. The third-order valence-electron chi connectivity index (χ3n) is 5.28. The van der Waals surface area contributed by atoms with E-state index in [9.17, 15) is 9.59 Å². The van der Waals surface area contributed by atoms with Crippen molar-refractivity contribution in [3.05, 3.63) is 59.2 Å². The van der Waals surface area contributed by atoms with Gasteiger partial charge in [-0.2, -0.15) is 0 Å². The lowest BCUT2D eigenvalue weighted by Crippen LogP contribution is -2.36. The van der Waals surface area contributed by atoms with Crippen LogP contribution in [-0.4, -0.2) is 24.4 Å². The van der Waals surface area contributed by atoms with E-state index >= 15 is 0 Å². The molecule has 0 heterocycles. The molecule has 0 spiro atoms. The lowest BCUT2D eigenvalue weighted by atomic mass is 9.95. The second-order valence-corrected chi connectivity index (χ2v) is 7.55. The molecule has 5 nitrogen and oxygen atoms in total. The maximum absolute atomic E-state index is 12.4. The highest BCUT2D eigenvalue weighted by molar-refractivity contribution is 5.96. The van der Waals surface area contributed by atoms with Gasteiger partial charge >= 0.3 is 0 Å². The Labute approximate surface area is 166 Å². The number of nitrogens with one attached hydrogen (secondary N) is 3. The first kappa shape index (κ1) is 19.9. The van der Waals surface area contributed by atoms with E-state index in [1.807, 2.05) is 32.0 Å². The summed E-state index contributed by atoms with van der Waals surface area (Å²) in [5.41, 5.74) is 4.52. The topological polar surface area (TPSA) is 70.2 Å². The van der Waals surface area contributed by atoms with Crippen molar-refractivity contribution < 1.29 is 9.59 Å².